The third-order valence-electron chi connectivity index (χ3n) is 9.24. The maximum absolute atomic E-state index is 14.3. The number of aliphatic hydroxyl groups is 3. The summed E-state index contributed by atoms with van der Waals surface area (Å²) in [5.41, 5.74) is 5.14. The van der Waals surface area contributed by atoms with Crippen LogP contribution >= 0.6 is 0 Å². The smallest absolute Gasteiger partial charge is 0.255 e. The van der Waals surface area contributed by atoms with Crippen LogP contribution in [0.5, 0.6) is 5.75 Å². The molecule has 3 aliphatic carbocycles. The van der Waals surface area contributed by atoms with Crippen molar-refractivity contribution in [3.63, 3.8) is 0 Å². The van der Waals surface area contributed by atoms with Crippen LogP contribution in [-0.4, -0.2) is 82.6 Å². The Morgan fingerprint density at radius 1 is 1.02 bits per heavy atom. The van der Waals surface area contributed by atoms with Crippen LogP contribution < -0.4 is 10.6 Å². The first-order chi connectivity index (χ1) is 19.9. The topological polar surface area (TPSA) is 165 Å². The number of aromatic hydroxyl groups is 1. The van der Waals surface area contributed by atoms with E-state index in [2.05, 4.69) is 20.8 Å². The first-order valence-corrected chi connectivity index (χ1v) is 14.2. The summed E-state index contributed by atoms with van der Waals surface area (Å²) >= 11 is 0. The largest absolute Gasteiger partial charge is 0.510 e. The molecule has 3 aliphatic rings. The molecule has 5 rings (SSSR count). The van der Waals surface area contributed by atoms with Crippen LogP contribution in [0, 0.1) is 11.8 Å². The monoisotopic (exact) mass is 589 g/mol. The van der Waals surface area contributed by atoms with Gasteiger partial charge in [0.2, 0.25) is 5.78 Å². The van der Waals surface area contributed by atoms with Crippen molar-refractivity contribution < 1.29 is 34.8 Å². The molecule has 2 aromatic carbocycles. The fraction of sp³-hybridized carbons (Fsp3) is 0.424. The highest BCUT2D eigenvalue weighted by Crippen LogP contribution is 2.54. The fourth-order valence-electron chi connectivity index (χ4n) is 7.07. The number of phenolic OH excluding ortho intramolecular Hbond substituents is 1. The molecule has 0 saturated heterocycles. The number of aliphatic hydroxyl groups excluding tert-OH is 2. The van der Waals surface area contributed by atoms with Crippen molar-refractivity contribution in [1.82, 2.24) is 4.90 Å². The molecule has 43 heavy (non-hydrogen) atoms. The molecule has 1 amide bonds. The molecule has 0 radical (unpaired) electrons. The molecule has 228 valence electrons. The molecule has 0 unspecified atom stereocenters. The van der Waals surface area contributed by atoms with Gasteiger partial charge < -0.3 is 31.1 Å². The number of carbonyl (C=O) groups excluding carboxylic acids is 3. The van der Waals surface area contributed by atoms with Gasteiger partial charge in [0.25, 0.3) is 5.91 Å². The highest BCUT2D eigenvalue weighted by atomic mass is 16.3. The molecule has 0 bridgehead atoms. The van der Waals surface area contributed by atoms with Gasteiger partial charge in [0.1, 0.15) is 22.8 Å². The van der Waals surface area contributed by atoms with Crippen LogP contribution in [0.15, 0.2) is 53.0 Å². The zero-order chi connectivity index (χ0) is 31.9. The highest BCUT2D eigenvalue weighted by Gasteiger charge is 2.63. The Morgan fingerprint density at radius 3 is 2.14 bits per heavy atom. The van der Waals surface area contributed by atoms with Gasteiger partial charge in [-0.2, -0.15) is 0 Å². The molecule has 10 nitrogen and oxygen atoms in total. The van der Waals surface area contributed by atoms with Crippen molar-refractivity contribution >= 4 is 23.2 Å². The summed E-state index contributed by atoms with van der Waals surface area (Å²) in [5, 5.41) is 46.0. The standard InChI is InChI=1S/C33H39N3O7/c1-32(2,3)17-10-8-15(9-11-17)18-14-21(35(4)5)19-12-16-13-20-25(36(6)7)28(39)24(31(34)42)30(41)33(20,43)29(40)22(16)27(38)23(19)26(18)37/h8-11,14,16,20,25,37,39-40,43H,12-13H2,1-7H3,(H2,34,42)/t16-,20+,25-,33-/m0/s1. The van der Waals surface area contributed by atoms with Crippen molar-refractivity contribution in [3.8, 4) is 16.9 Å². The van der Waals surface area contributed by atoms with Crippen molar-refractivity contribution in [2.24, 2.45) is 17.6 Å². The number of hydrogen-bond donors (Lipinski definition) is 5. The van der Waals surface area contributed by atoms with Crippen molar-refractivity contribution in [2.75, 3.05) is 33.1 Å². The van der Waals surface area contributed by atoms with Crippen LogP contribution in [0.1, 0.15) is 48.7 Å². The fourth-order valence-corrected chi connectivity index (χ4v) is 7.07. The van der Waals surface area contributed by atoms with E-state index in [0.29, 0.717) is 22.4 Å². The normalized spacial score (nSPS) is 25.5. The first kappa shape index (κ1) is 30.3. The number of phenols is 1. The SMILES string of the molecule is CN(C)c1cc(-c2ccc(C(C)(C)C)cc2)c(O)c2c1C[C@H]1C[C@@H]3[C@H](N(C)C)C(O)=C(C(N)=O)C(=O)[C@@]3(O)C(O)=C1C2=O. The summed E-state index contributed by atoms with van der Waals surface area (Å²) in [5.74, 6) is -6.67. The summed E-state index contributed by atoms with van der Waals surface area (Å²) in [4.78, 5) is 43.4. The average Bonchev–Trinajstić information content (AvgIpc) is 2.90. The molecule has 2 aromatic rings. The van der Waals surface area contributed by atoms with Crippen molar-refractivity contribution in [2.45, 2.75) is 50.7 Å². The molecule has 0 fully saturated rings. The summed E-state index contributed by atoms with van der Waals surface area (Å²) in [6.07, 6.45) is 0.258. The summed E-state index contributed by atoms with van der Waals surface area (Å²) in [6.45, 7) is 6.30. The first-order valence-electron chi connectivity index (χ1n) is 14.2. The molecule has 10 heteroatoms. The minimum absolute atomic E-state index is 0.0121. The van der Waals surface area contributed by atoms with Crippen molar-refractivity contribution in [3.05, 3.63) is 69.7 Å². The number of carbonyl (C=O) groups is 3. The molecule has 0 aromatic heterocycles. The second-order valence-corrected chi connectivity index (χ2v) is 13.3. The maximum atomic E-state index is 14.3. The number of anilines is 1. The molecule has 0 spiro atoms. The van der Waals surface area contributed by atoms with Gasteiger partial charge in [0.05, 0.1) is 11.6 Å². The minimum atomic E-state index is -2.68. The number of allylic oxidation sites excluding steroid dienone is 1. The van der Waals surface area contributed by atoms with E-state index in [1.807, 2.05) is 49.3 Å². The third-order valence-corrected chi connectivity index (χ3v) is 9.24. The predicted molar refractivity (Wildman–Crippen MR) is 162 cm³/mol. The van der Waals surface area contributed by atoms with E-state index < -0.39 is 58.0 Å². The number of hydrogen-bond acceptors (Lipinski definition) is 9. The number of amides is 1. The molecule has 0 aliphatic heterocycles. The molecule has 0 saturated carbocycles. The second kappa shape index (κ2) is 9.96. The maximum Gasteiger partial charge on any atom is 0.255 e. The quantitative estimate of drug-likeness (QED) is 0.337. The van der Waals surface area contributed by atoms with Gasteiger partial charge in [0.15, 0.2) is 11.4 Å². The summed E-state index contributed by atoms with van der Waals surface area (Å²) in [7, 11) is 6.88. The number of ketones is 2. The Labute approximate surface area is 250 Å². The van der Waals surface area contributed by atoms with Gasteiger partial charge in [-0.1, -0.05) is 45.0 Å². The van der Waals surface area contributed by atoms with Gasteiger partial charge in [-0.05, 0) is 61.0 Å². The summed E-state index contributed by atoms with van der Waals surface area (Å²) < 4.78 is 0. The van der Waals surface area contributed by atoms with E-state index in [-0.39, 0.29) is 35.1 Å². The van der Waals surface area contributed by atoms with Crippen molar-refractivity contribution in [1.29, 1.82) is 0 Å². The van der Waals surface area contributed by atoms with Crippen LogP contribution in [0.4, 0.5) is 5.69 Å². The Kier molecular flexibility index (Phi) is 7.02. The average molecular weight is 590 g/mol. The van der Waals surface area contributed by atoms with E-state index in [4.69, 9.17) is 5.73 Å². The molecular weight excluding hydrogens is 550 g/mol. The van der Waals surface area contributed by atoms with Crippen LogP contribution in [0.3, 0.4) is 0 Å². The number of Topliss-reactive ketones (excluding diaryl/α,β-unsaturated/α-hetero) is 2. The number of likely N-dealkylation sites (N-methyl/N-ethyl adjacent to an activating group) is 1. The van der Waals surface area contributed by atoms with E-state index in [1.165, 1.54) is 4.90 Å². The Morgan fingerprint density at radius 2 is 1.63 bits per heavy atom. The number of nitrogens with two attached hydrogens (primary N) is 1. The molecule has 0 heterocycles. The van der Waals surface area contributed by atoms with Gasteiger partial charge in [-0.3, -0.25) is 19.3 Å². The van der Waals surface area contributed by atoms with Gasteiger partial charge >= 0.3 is 0 Å². The lowest BCUT2D eigenvalue weighted by Crippen LogP contribution is -2.63. The molecule has 6 N–H and O–H groups in total. The van der Waals surface area contributed by atoms with E-state index in [1.54, 1.807) is 14.1 Å². The van der Waals surface area contributed by atoms with E-state index >= 15 is 0 Å². The highest BCUT2D eigenvalue weighted by molar-refractivity contribution is 6.25. The molecular formula is C33H39N3O7. The summed E-state index contributed by atoms with van der Waals surface area (Å²) in [6, 6.07) is 8.51. The van der Waals surface area contributed by atoms with E-state index in [0.717, 1.165) is 5.56 Å². The number of benzene rings is 2. The van der Waals surface area contributed by atoms with Gasteiger partial charge in [-0.15, -0.1) is 0 Å². The number of primary amides is 1. The number of nitrogens with zero attached hydrogens (tertiary/aromatic N) is 2. The Bertz CT molecular complexity index is 1630. The van der Waals surface area contributed by atoms with E-state index in [9.17, 15) is 34.8 Å². The lowest BCUT2D eigenvalue weighted by atomic mass is 9.58. The van der Waals surface area contributed by atoms with Gasteiger partial charge in [-0.25, -0.2) is 0 Å². The van der Waals surface area contributed by atoms with Crippen LogP contribution in [0.2, 0.25) is 0 Å². The lowest BCUT2D eigenvalue weighted by Gasteiger charge is -2.50. The van der Waals surface area contributed by atoms with Crippen LogP contribution in [-0.2, 0) is 21.4 Å². The lowest BCUT2D eigenvalue weighted by molar-refractivity contribution is -0.148. The zero-order valence-electron chi connectivity index (χ0n) is 25.5. The van der Waals surface area contributed by atoms with Gasteiger partial charge in [0, 0.05) is 36.8 Å². The zero-order valence-corrected chi connectivity index (χ0v) is 25.5. The third kappa shape index (κ3) is 4.34. The number of rotatable bonds is 4. The Balaban J connectivity index is 1.72. The van der Waals surface area contributed by atoms with Crippen LogP contribution in [0.25, 0.3) is 11.1 Å². The second-order valence-electron chi connectivity index (χ2n) is 13.3. The predicted octanol–water partition coefficient (Wildman–Crippen LogP) is 3.15. The Hall–Kier alpha value is -4.15. The molecule has 4 atom stereocenters. The number of fused-ring (bicyclic) bond motifs is 3. The minimum Gasteiger partial charge on any atom is -0.510 e.